The number of esters is 1. The van der Waals surface area contributed by atoms with Gasteiger partial charge in [0.05, 0.1) is 12.2 Å². The predicted octanol–water partition coefficient (Wildman–Crippen LogP) is 3.76. The molecule has 0 saturated heterocycles. The molecule has 0 atom stereocenters. The number of benzene rings is 2. The number of nitrogen functional groups attached to an aromatic ring is 2. The highest BCUT2D eigenvalue weighted by atomic mass is 16.5. The number of ether oxygens (including phenoxy) is 1. The second-order valence-electron chi connectivity index (χ2n) is 5.21. The maximum atomic E-state index is 11.7. The summed E-state index contributed by atoms with van der Waals surface area (Å²) in [4.78, 5) is 11.7. The third-order valence-electron chi connectivity index (χ3n) is 3.60. The molecule has 4 nitrogen and oxygen atoms in total. The molecule has 0 fully saturated rings. The van der Waals surface area contributed by atoms with Crippen LogP contribution in [0, 0.1) is 0 Å². The number of carbonyl (C=O) groups excluding carboxylic acids is 1. The Morgan fingerprint density at radius 2 is 1.61 bits per heavy atom. The van der Waals surface area contributed by atoms with Gasteiger partial charge < -0.3 is 16.2 Å². The molecule has 0 saturated carbocycles. The summed E-state index contributed by atoms with van der Waals surface area (Å²) in [5.74, 6) is -0.367. The van der Waals surface area contributed by atoms with Gasteiger partial charge in [-0.15, -0.1) is 0 Å². The number of hydrogen-bond donors (Lipinski definition) is 2. The first-order chi connectivity index (χ1) is 11.0. The second-order valence-corrected chi connectivity index (χ2v) is 5.21. The maximum absolute atomic E-state index is 11.7. The minimum atomic E-state index is -0.367. The molecule has 0 amide bonds. The summed E-state index contributed by atoms with van der Waals surface area (Å²) in [6, 6.07) is 11.2. The molecule has 0 heterocycles. The van der Waals surface area contributed by atoms with Crippen molar-refractivity contribution in [2.24, 2.45) is 0 Å². The van der Waals surface area contributed by atoms with Gasteiger partial charge >= 0.3 is 5.97 Å². The van der Waals surface area contributed by atoms with Gasteiger partial charge in [0.2, 0.25) is 0 Å². The third-order valence-corrected chi connectivity index (χ3v) is 3.60. The number of aryl methyl sites for hydroxylation is 1. The quantitative estimate of drug-likeness (QED) is 0.501. The summed E-state index contributed by atoms with van der Waals surface area (Å²) in [7, 11) is 0. The van der Waals surface area contributed by atoms with Crippen molar-refractivity contribution < 1.29 is 9.53 Å². The van der Waals surface area contributed by atoms with Crippen LogP contribution in [0.5, 0.6) is 0 Å². The van der Waals surface area contributed by atoms with Crippen molar-refractivity contribution in [3.63, 3.8) is 0 Å². The fraction of sp³-hybridized carbons (Fsp3) is 0.211. The van der Waals surface area contributed by atoms with E-state index in [0.717, 1.165) is 23.2 Å². The molecule has 0 unspecified atom stereocenters. The minimum Gasteiger partial charge on any atom is -0.462 e. The van der Waals surface area contributed by atoms with E-state index in [1.54, 1.807) is 25.1 Å². The molecule has 2 aromatic rings. The lowest BCUT2D eigenvalue weighted by atomic mass is 10.0. The molecule has 0 aromatic heterocycles. The summed E-state index contributed by atoms with van der Waals surface area (Å²) in [6.45, 7) is 4.20. The van der Waals surface area contributed by atoms with E-state index < -0.39 is 0 Å². The Labute approximate surface area is 136 Å². The molecule has 0 radical (unpaired) electrons. The van der Waals surface area contributed by atoms with E-state index in [0.29, 0.717) is 17.9 Å². The first-order valence-corrected chi connectivity index (χ1v) is 7.68. The van der Waals surface area contributed by atoms with E-state index in [9.17, 15) is 4.79 Å². The fourth-order valence-corrected chi connectivity index (χ4v) is 2.24. The van der Waals surface area contributed by atoms with Gasteiger partial charge in [-0.05, 0) is 48.2 Å². The van der Waals surface area contributed by atoms with Crippen LogP contribution in [0.25, 0.3) is 12.2 Å². The molecular weight excluding hydrogens is 288 g/mol. The molecule has 2 rings (SSSR count). The van der Waals surface area contributed by atoms with Gasteiger partial charge in [0.15, 0.2) is 0 Å². The number of nitrogens with two attached hydrogens (primary N) is 2. The van der Waals surface area contributed by atoms with Gasteiger partial charge in [0, 0.05) is 11.4 Å². The molecule has 2 aromatic carbocycles. The summed E-state index contributed by atoms with van der Waals surface area (Å²) in [5, 5.41) is 0. The third kappa shape index (κ3) is 4.13. The van der Waals surface area contributed by atoms with Gasteiger partial charge in [-0.3, -0.25) is 0 Å². The van der Waals surface area contributed by atoms with Crippen molar-refractivity contribution in [3.05, 3.63) is 58.7 Å². The van der Waals surface area contributed by atoms with E-state index >= 15 is 0 Å². The Morgan fingerprint density at radius 1 is 1.00 bits per heavy atom. The van der Waals surface area contributed by atoms with E-state index in [4.69, 9.17) is 16.2 Å². The Balaban J connectivity index is 2.21. The molecule has 0 bridgehead atoms. The maximum Gasteiger partial charge on any atom is 0.338 e. The SMILES string of the molecule is CCOC(=O)c1ccc(C=Cc2ccc(CC)cc2N)c(N)c1. The molecular formula is C19H22N2O2. The Kier molecular flexibility index (Phi) is 5.41. The van der Waals surface area contributed by atoms with Crippen molar-refractivity contribution in [3.8, 4) is 0 Å². The van der Waals surface area contributed by atoms with E-state index in [1.807, 2.05) is 24.3 Å². The van der Waals surface area contributed by atoms with Gasteiger partial charge in [0.25, 0.3) is 0 Å². The molecule has 4 N–H and O–H groups in total. The first-order valence-electron chi connectivity index (χ1n) is 7.68. The average Bonchev–Trinajstić information content (AvgIpc) is 2.54. The first kappa shape index (κ1) is 16.6. The average molecular weight is 310 g/mol. The van der Waals surface area contributed by atoms with Crippen molar-refractivity contribution in [2.45, 2.75) is 20.3 Å². The van der Waals surface area contributed by atoms with Crippen molar-refractivity contribution in [1.82, 2.24) is 0 Å². The standard InChI is InChI=1S/C19H22N2O2/c1-3-13-5-6-14(17(20)11-13)7-8-15-9-10-16(12-18(15)21)19(22)23-4-2/h5-12H,3-4,20-21H2,1-2H3. The van der Waals surface area contributed by atoms with Crippen LogP contribution < -0.4 is 11.5 Å². The molecule has 4 heteroatoms. The predicted molar refractivity (Wildman–Crippen MR) is 96.0 cm³/mol. The second kappa shape index (κ2) is 7.49. The highest BCUT2D eigenvalue weighted by Gasteiger charge is 2.07. The lowest BCUT2D eigenvalue weighted by Gasteiger charge is -2.06. The fourth-order valence-electron chi connectivity index (χ4n) is 2.24. The lowest BCUT2D eigenvalue weighted by Crippen LogP contribution is -2.05. The van der Waals surface area contributed by atoms with Crippen LogP contribution in [0.4, 0.5) is 11.4 Å². The van der Waals surface area contributed by atoms with Crippen LogP contribution in [-0.2, 0) is 11.2 Å². The summed E-state index contributed by atoms with van der Waals surface area (Å²) >= 11 is 0. The van der Waals surface area contributed by atoms with Crippen LogP contribution in [-0.4, -0.2) is 12.6 Å². The zero-order valence-corrected chi connectivity index (χ0v) is 13.5. The minimum absolute atomic E-state index is 0.341. The van der Waals surface area contributed by atoms with Crippen molar-refractivity contribution >= 4 is 29.5 Å². The van der Waals surface area contributed by atoms with Crippen LogP contribution in [0.1, 0.15) is 40.9 Å². The van der Waals surface area contributed by atoms with Crippen LogP contribution >= 0.6 is 0 Å². The molecule has 0 aliphatic rings. The smallest absolute Gasteiger partial charge is 0.338 e. The van der Waals surface area contributed by atoms with Crippen molar-refractivity contribution in [2.75, 3.05) is 18.1 Å². The number of rotatable bonds is 5. The summed E-state index contributed by atoms with van der Waals surface area (Å²) in [6.07, 6.45) is 4.77. The van der Waals surface area contributed by atoms with E-state index in [-0.39, 0.29) is 5.97 Å². The normalized spacial score (nSPS) is 10.9. The largest absolute Gasteiger partial charge is 0.462 e. The highest BCUT2D eigenvalue weighted by Crippen LogP contribution is 2.21. The van der Waals surface area contributed by atoms with Gasteiger partial charge in [-0.1, -0.05) is 37.3 Å². The van der Waals surface area contributed by atoms with E-state index in [2.05, 4.69) is 13.0 Å². The zero-order chi connectivity index (χ0) is 16.8. The Morgan fingerprint density at radius 3 is 2.13 bits per heavy atom. The summed E-state index contributed by atoms with van der Waals surface area (Å²) < 4.78 is 4.96. The Hall–Kier alpha value is -2.75. The molecule has 0 spiro atoms. The van der Waals surface area contributed by atoms with Crippen LogP contribution in [0.3, 0.4) is 0 Å². The van der Waals surface area contributed by atoms with Crippen LogP contribution in [0.2, 0.25) is 0 Å². The number of anilines is 2. The van der Waals surface area contributed by atoms with Crippen molar-refractivity contribution in [1.29, 1.82) is 0 Å². The van der Waals surface area contributed by atoms with Gasteiger partial charge in [-0.2, -0.15) is 0 Å². The van der Waals surface area contributed by atoms with Gasteiger partial charge in [0.1, 0.15) is 0 Å². The monoisotopic (exact) mass is 310 g/mol. The van der Waals surface area contributed by atoms with Crippen LogP contribution in [0.15, 0.2) is 36.4 Å². The highest BCUT2D eigenvalue weighted by molar-refractivity contribution is 5.92. The molecule has 23 heavy (non-hydrogen) atoms. The lowest BCUT2D eigenvalue weighted by molar-refractivity contribution is 0.0526. The molecule has 120 valence electrons. The summed E-state index contributed by atoms with van der Waals surface area (Å²) in [5.41, 5.74) is 16.8. The number of hydrogen-bond acceptors (Lipinski definition) is 4. The Bertz CT molecular complexity index is 736. The molecule has 0 aliphatic heterocycles. The molecule has 0 aliphatic carbocycles. The zero-order valence-electron chi connectivity index (χ0n) is 13.5. The number of carbonyl (C=O) groups is 1. The topological polar surface area (TPSA) is 78.3 Å². The van der Waals surface area contributed by atoms with E-state index in [1.165, 1.54) is 5.56 Å². The van der Waals surface area contributed by atoms with Gasteiger partial charge in [-0.25, -0.2) is 4.79 Å².